The number of amides is 1. The molecule has 0 aliphatic heterocycles. The Bertz CT molecular complexity index is 935. The fraction of sp³-hybridized carbons (Fsp3) is 0.100. The van der Waals surface area contributed by atoms with E-state index in [1.807, 2.05) is 43.3 Å². The van der Waals surface area contributed by atoms with Crippen molar-refractivity contribution in [2.45, 2.75) is 6.92 Å². The van der Waals surface area contributed by atoms with Crippen LogP contribution in [0.4, 0.5) is 0 Å². The summed E-state index contributed by atoms with van der Waals surface area (Å²) in [6.07, 6.45) is 1.56. The smallest absolute Gasteiger partial charge is 0.275 e. The average molecular weight is 334 g/mol. The summed E-state index contributed by atoms with van der Waals surface area (Å²) in [4.78, 5) is 12.1. The van der Waals surface area contributed by atoms with Gasteiger partial charge in [0, 0.05) is 5.56 Å². The van der Waals surface area contributed by atoms with Crippen LogP contribution in [-0.2, 0) is 0 Å². The van der Waals surface area contributed by atoms with Gasteiger partial charge in [0.2, 0.25) is 0 Å². The number of fused-ring (bicyclic) bond motifs is 1. The number of hydrogen-bond donors (Lipinski definition) is 2. The van der Waals surface area contributed by atoms with E-state index in [0.29, 0.717) is 12.4 Å². The Hall–Kier alpha value is -3.34. The van der Waals surface area contributed by atoms with Gasteiger partial charge < -0.3 is 9.84 Å². The summed E-state index contributed by atoms with van der Waals surface area (Å²) in [5.74, 6) is 0.129. The van der Waals surface area contributed by atoms with E-state index in [1.54, 1.807) is 18.3 Å². The maximum atomic E-state index is 12.1. The second kappa shape index (κ2) is 7.49. The topological polar surface area (TPSA) is 70.9 Å². The van der Waals surface area contributed by atoms with Gasteiger partial charge in [-0.05, 0) is 35.9 Å². The fourth-order valence-corrected chi connectivity index (χ4v) is 2.57. The normalized spacial score (nSPS) is 10.9. The number of hydrazone groups is 1. The van der Waals surface area contributed by atoms with Crippen LogP contribution in [0.3, 0.4) is 0 Å². The molecule has 0 spiro atoms. The molecule has 5 heteroatoms. The van der Waals surface area contributed by atoms with E-state index in [4.69, 9.17) is 4.74 Å². The zero-order valence-electron chi connectivity index (χ0n) is 13.8. The van der Waals surface area contributed by atoms with Crippen LogP contribution in [0.25, 0.3) is 10.8 Å². The SMILES string of the molecule is CCOc1ccc2ccccc2c1C=NNC(=O)c1ccccc1O. The third-order valence-corrected chi connectivity index (χ3v) is 3.74. The highest BCUT2D eigenvalue weighted by molar-refractivity contribution is 6.03. The number of rotatable bonds is 5. The van der Waals surface area contributed by atoms with E-state index in [1.165, 1.54) is 12.1 Å². The van der Waals surface area contributed by atoms with Crippen LogP contribution < -0.4 is 10.2 Å². The molecule has 3 aromatic rings. The van der Waals surface area contributed by atoms with Crippen molar-refractivity contribution in [1.29, 1.82) is 0 Å². The van der Waals surface area contributed by atoms with E-state index in [-0.39, 0.29) is 11.3 Å². The second-order valence-electron chi connectivity index (χ2n) is 5.35. The van der Waals surface area contributed by atoms with E-state index in [9.17, 15) is 9.90 Å². The van der Waals surface area contributed by atoms with Crippen molar-refractivity contribution in [2.75, 3.05) is 6.61 Å². The Morgan fingerprint density at radius 3 is 2.68 bits per heavy atom. The zero-order chi connectivity index (χ0) is 17.6. The first-order valence-corrected chi connectivity index (χ1v) is 7.96. The van der Waals surface area contributed by atoms with Crippen LogP contribution in [0, 0.1) is 0 Å². The van der Waals surface area contributed by atoms with Crippen molar-refractivity contribution in [3.8, 4) is 11.5 Å². The predicted molar refractivity (Wildman–Crippen MR) is 98.3 cm³/mol. The summed E-state index contributed by atoms with van der Waals surface area (Å²) in [5, 5.41) is 15.8. The molecule has 0 bridgehead atoms. The first-order chi connectivity index (χ1) is 12.2. The number of phenols is 1. The van der Waals surface area contributed by atoms with E-state index < -0.39 is 5.91 Å². The van der Waals surface area contributed by atoms with Crippen molar-refractivity contribution in [1.82, 2.24) is 5.43 Å². The van der Waals surface area contributed by atoms with Gasteiger partial charge in [-0.2, -0.15) is 5.10 Å². The van der Waals surface area contributed by atoms with Crippen LogP contribution in [0.15, 0.2) is 65.8 Å². The fourth-order valence-electron chi connectivity index (χ4n) is 2.57. The van der Waals surface area contributed by atoms with Gasteiger partial charge >= 0.3 is 0 Å². The number of carbonyl (C=O) groups excluding carboxylic acids is 1. The molecule has 0 aliphatic carbocycles. The molecule has 126 valence electrons. The molecule has 0 heterocycles. The molecule has 0 saturated carbocycles. The first-order valence-electron chi connectivity index (χ1n) is 7.96. The van der Waals surface area contributed by atoms with Gasteiger partial charge in [-0.1, -0.05) is 42.5 Å². The van der Waals surface area contributed by atoms with Gasteiger partial charge in [-0.15, -0.1) is 0 Å². The molecule has 5 nitrogen and oxygen atoms in total. The minimum absolute atomic E-state index is 0.0876. The van der Waals surface area contributed by atoms with Crippen LogP contribution in [0.2, 0.25) is 0 Å². The van der Waals surface area contributed by atoms with Crippen molar-refractivity contribution in [2.24, 2.45) is 5.10 Å². The van der Waals surface area contributed by atoms with Crippen molar-refractivity contribution < 1.29 is 14.6 Å². The highest BCUT2D eigenvalue weighted by Crippen LogP contribution is 2.26. The highest BCUT2D eigenvalue weighted by atomic mass is 16.5. The molecule has 0 aromatic heterocycles. The molecule has 1 amide bonds. The first kappa shape index (κ1) is 16.5. The Morgan fingerprint density at radius 2 is 1.88 bits per heavy atom. The lowest BCUT2D eigenvalue weighted by molar-refractivity contribution is 0.0952. The average Bonchev–Trinajstić information content (AvgIpc) is 2.63. The quantitative estimate of drug-likeness (QED) is 0.552. The number of ether oxygens (including phenoxy) is 1. The maximum absolute atomic E-state index is 12.1. The minimum Gasteiger partial charge on any atom is -0.507 e. The lowest BCUT2D eigenvalue weighted by Gasteiger charge is -2.10. The van der Waals surface area contributed by atoms with Crippen LogP contribution in [-0.4, -0.2) is 23.8 Å². The summed E-state index contributed by atoms with van der Waals surface area (Å²) in [6, 6.07) is 18.1. The standard InChI is InChI=1S/C20H18N2O3/c1-2-25-19-12-11-14-7-3-4-8-15(14)17(19)13-21-22-20(24)16-9-5-6-10-18(16)23/h3-13,23H,2H2,1H3,(H,22,24). The molecule has 0 atom stereocenters. The number of benzene rings is 3. The molecule has 0 aliphatic rings. The molecule has 0 fully saturated rings. The Labute approximate surface area is 145 Å². The minimum atomic E-state index is -0.479. The Balaban J connectivity index is 1.89. The molecule has 0 radical (unpaired) electrons. The third-order valence-electron chi connectivity index (χ3n) is 3.74. The van der Waals surface area contributed by atoms with Crippen molar-refractivity contribution in [3.63, 3.8) is 0 Å². The number of nitrogens with one attached hydrogen (secondary N) is 1. The van der Waals surface area contributed by atoms with Gasteiger partial charge in [0.05, 0.1) is 18.4 Å². The van der Waals surface area contributed by atoms with Gasteiger partial charge in [-0.3, -0.25) is 4.79 Å². The van der Waals surface area contributed by atoms with Gasteiger partial charge in [0.25, 0.3) is 5.91 Å². The lowest BCUT2D eigenvalue weighted by atomic mass is 10.0. The molecule has 0 unspecified atom stereocenters. The number of aromatic hydroxyl groups is 1. The summed E-state index contributed by atoms with van der Waals surface area (Å²) >= 11 is 0. The van der Waals surface area contributed by atoms with E-state index >= 15 is 0 Å². The highest BCUT2D eigenvalue weighted by Gasteiger charge is 2.10. The van der Waals surface area contributed by atoms with Crippen LogP contribution in [0.1, 0.15) is 22.8 Å². The largest absolute Gasteiger partial charge is 0.507 e. The number of carbonyl (C=O) groups is 1. The molecule has 2 N–H and O–H groups in total. The number of nitrogens with zero attached hydrogens (tertiary/aromatic N) is 1. The number of hydrogen-bond acceptors (Lipinski definition) is 4. The second-order valence-corrected chi connectivity index (χ2v) is 5.35. The molecule has 0 saturated heterocycles. The van der Waals surface area contributed by atoms with Crippen molar-refractivity contribution >= 4 is 22.9 Å². The van der Waals surface area contributed by atoms with E-state index in [2.05, 4.69) is 10.5 Å². The predicted octanol–water partition coefficient (Wildman–Crippen LogP) is 3.71. The molecule has 3 aromatic carbocycles. The monoisotopic (exact) mass is 334 g/mol. The zero-order valence-corrected chi connectivity index (χ0v) is 13.8. The van der Waals surface area contributed by atoms with Gasteiger partial charge in [0.15, 0.2) is 0 Å². The number of phenolic OH excluding ortho intramolecular Hbond substituents is 1. The number of para-hydroxylation sites is 1. The third kappa shape index (κ3) is 3.61. The molecule has 3 rings (SSSR count). The van der Waals surface area contributed by atoms with Crippen LogP contribution >= 0.6 is 0 Å². The summed E-state index contributed by atoms with van der Waals surface area (Å²) < 4.78 is 5.66. The Kier molecular flexibility index (Phi) is 4.95. The summed E-state index contributed by atoms with van der Waals surface area (Å²) in [7, 11) is 0. The van der Waals surface area contributed by atoms with Gasteiger partial charge in [0.1, 0.15) is 11.5 Å². The van der Waals surface area contributed by atoms with Crippen LogP contribution in [0.5, 0.6) is 11.5 Å². The summed E-state index contributed by atoms with van der Waals surface area (Å²) in [6.45, 7) is 2.44. The maximum Gasteiger partial charge on any atom is 0.275 e. The molecular weight excluding hydrogens is 316 g/mol. The van der Waals surface area contributed by atoms with Crippen molar-refractivity contribution in [3.05, 3.63) is 71.8 Å². The lowest BCUT2D eigenvalue weighted by Crippen LogP contribution is -2.17. The molecule has 25 heavy (non-hydrogen) atoms. The van der Waals surface area contributed by atoms with Gasteiger partial charge in [-0.25, -0.2) is 5.43 Å². The van der Waals surface area contributed by atoms with E-state index in [0.717, 1.165) is 16.3 Å². The Morgan fingerprint density at radius 1 is 1.12 bits per heavy atom. The molecular formula is C20H18N2O3. The summed E-state index contributed by atoms with van der Waals surface area (Å²) in [5.41, 5.74) is 3.40.